The van der Waals surface area contributed by atoms with Crippen molar-refractivity contribution < 1.29 is 18.7 Å². The molecular formula is C20H26N4O5. The van der Waals surface area contributed by atoms with E-state index in [4.69, 9.17) is 9.15 Å². The first kappa shape index (κ1) is 20.7. The highest BCUT2D eigenvalue weighted by Crippen LogP contribution is 2.12. The van der Waals surface area contributed by atoms with Gasteiger partial charge in [0.05, 0.1) is 26.1 Å². The average Bonchev–Trinajstić information content (AvgIpc) is 3.22. The zero-order chi connectivity index (χ0) is 20.8. The fraction of sp³-hybridized carbons (Fsp3) is 0.450. The number of nitrogens with one attached hydrogen (secondary N) is 1. The number of carbonyl (C=O) groups is 2. The van der Waals surface area contributed by atoms with Crippen LogP contribution in [0.1, 0.15) is 18.4 Å². The number of ether oxygens (including phenoxy) is 1. The minimum absolute atomic E-state index is 0.0556. The van der Waals surface area contributed by atoms with Gasteiger partial charge in [0.2, 0.25) is 17.2 Å². The van der Waals surface area contributed by atoms with Gasteiger partial charge in [-0.1, -0.05) is 0 Å². The molecule has 0 spiro atoms. The van der Waals surface area contributed by atoms with E-state index in [1.807, 2.05) is 0 Å². The average molecular weight is 402 g/mol. The lowest BCUT2D eigenvalue weighted by Crippen LogP contribution is -2.47. The molecule has 2 aromatic rings. The molecule has 1 aliphatic rings. The van der Waals surface area contributed by atoms with Crippen molar-refractivity contribution in [1.29, 1.82) is 0 Å². The van der Waals surface area contributed by atoms with Gasteiger partial charge in [-0.15, -0.1) is 0 Å². The molecule has 0 atom stereocenters. The number of nitrogens with zero attached hydrogens (tertiary/aromatic N) is 3. The molecule has 29 heavy (non-hydrogen) atoms. The third-order valence-corrected chi connectivity index (χ3v) is 4.96. The smallest absolute Gasteiger partial charge is 0.240 e. The predicted octanol–water partition coefficient (Wildman–Crippen LogP) is 0.430. The molecule has 2 aromatic heterocycles. The number of carbonyl (C=O) groups excluding carboxylic acids is 2. The maximum atomic E-state index is 12.4. The molecule has 3 rings (SSSR count). The number of hydrogen-bond donors (Lipinski definition) is 1. The number of amides is 2. The fourth-order valence-corrected chi connectivity index (χ4v) is 3.29. The van der Waals surface area contributed by atoms with Crippen molar-refractivity contribution in [3.63, 3.8) is 0 Å². The van der Waals surface area contributed by atoms with Crippen LogP contribution in [0.25, 0.3) is 0 Å². The van der Waals surface area contributed by atoms with Crippen LogP contribution in [0.5, 0.6) is 5.75 Å². The number of rotatable bonds is 7. The highest BCUT2D eigenvalue weighted by molar-refractivity contribution is 5.75. The van der Waals surface area contributed by atoms with Crippen LogP contribution in [0.2, 0.25) is 0 Å². The lowest BCUT2D eigenvalue weighted by molar-refractivity contribution is -0.130. The Kier molecular flexibility index (Phi) is 6.71. The second-order valence-electron chi connectivity index (χ2n) is 6.96. The molecule has 0 aliphatic carbocycles. The molecule has 0 unspecified atom stereocenters. The van der Waals surface area contributed by atoms with Gasteiger partial charge in [-0.2, -0.15) is 0 Å². The molecular weight excluding hydrogens is 376 g/mol. The Morgan fingerprint density at radius 1 is 1.24 bits per heavy atom. The first-order valence-electron chi connectivity index (χ1n) is 9.50. The highest BCUT2D eigenvalue weighted by atomic mass is 16.5. The second kappa shape index (κ2) is 9.42. The molecule has 9 heteroatoms. The summed E-state index contributed by atoms with van der Waals surface area (Å²) in [5, 5.41) is 2.80. The number of methoxy groups -OCH3 is 1. The summed E-state index contributed by atoms with van der Waals surface area (Å²) in [5.41, 5.74) is 0.498. The van der Waals surface area contributed by atoms with E-state index in [0.717, 1.165) is 5.69 Å². The Morgan fingerprint density at radius 2 is 2.00 bits per heavy atom. The van der Waals surface area contributed by atoms with Gasteiger partial charge in [0.25, 0.3) is 0 Å². The van der Waals surface area contributed by atoms with Crippen LogP contribution in [0, 0.1) is 0 Å². The van der Waals surface area contributed by atoms with Gasteiger partial charge >= 0.3 is 0 Å². The summed E-state index contributed by atoms with van der Waals surface area (Å²) in [6.07, 6.45) is 3.12. The van der Waals surface area contributed by atoms with Gasteiger partial charge in [0, 0.05) is 51.4 Å². The standard InChI is InChI=1S/C20H26N4O5/c1-15(25)23-7-5-22(6-8-23)12-16-10-18(26)19(28-2)13-24(16)14-20(27)21-11-17-4-3-9-29-17/h3-4,9-10,13H,5-8,11-12,14H2,1-2H3,(H,21,27). The highest BCUT2D eigenvalue weighted by Gasteiger charge is 2.20. The van der Waals surface area contributed by atoms with Crippen molar-refractivity contribution in [2.75, 3.05) is 33.3 Å². The number of furan rings is 1. The van der Waals surface area contributed by atoms with Gasteiger partial charge in [-0.25, -0.2) is 0 Å². The molecule has 0 aromatic carbocycles. The third kappa shape index (κ3) is 5.47. The Hall–Kier alpha value is -3.07. The number of piperazine rings is 1. The summed E-state index contributed by atoms with van der Waals surface area (Å²) in [6, 6.07) is 5.06. The van der Waals surface area contributed by atoms with E-state index in [9.17, 15) is 14.4 Å². The molecule has 0 bridgehead atoms. The van der Waals surface area contributed by atoms with Crippen LogP contribution in [0.15, 0.2) is 39.9 Å². The van der Waals surface area contributed by atoms with Crippen LogP contribution < -0.4 is 15.5 Å². The van der Waals surface area contributed by atoms with Crippen LogP contribution >= 0.6 is 0 Å². The summed E-state index contributed by atoms with van der Waals surface area (Å²) in [4.78, 5) is 40.1. The number of hydrogen-bond acceptors (Lipinski definition) is 6. The zero-order valence-electron chi connectivity index (χ0n) is 16.7. The van der Waals surface area contributed by atoms with Gasteiger partial charge in [0.1, 0.15) is 12.3 Å². The first-order chi connectivity index (χ1) is 14.0. The molecule has 0 radical (unpaired) electrons. The maximum absolute atomic E-state index is 12.4. The van der Waals surface area contributed by atoms with Crippen molar-refractivity contribution in [3.8, 4) is 5.75 Å². The molecule has 3 heterocycles. The van der Waals surface area contributed by atoms with E-state index < -0.39 is 0 Å². The van der Waals surface area contributed by atoms with Gasteiger partial charge in [0.15, 0.2) is 5.75 Å². The molecule has 1 saturated heterocycles. The molecule has 1 aliphatic heterocycles. The Balaban J connectivity index is 1.69. The zero-order valence-corrected chi connectivity index (χ0v) is 16.7. The Labute approximate surface area is 168 Å². The Morgan fingerprint density at radius 3 is 2.62 bits per heavy atom. The normalized spacial score (nSPS) is 14.6. The van der Waals surface area contributed by atoms with Crippen LogP contribution in [-0.2, 0) is 29.2 Å². The fourth-order valence-electron chi connectivity index (χ4n) is 3.29. The Bertz CT molecular complexity index is 898. The molecule has 1 N–H and O–H groups in total. The maximum Gasteiger partial charge on any atom is 0.240 e. The SMILES string of the molecule is COc1cn(CC(=O)NCc2ccco2)c(CN2CCN(C(C)=O)CC2)cc1=O. The van der Waals surface area contributed by atoms with E-state index in [0.29, 0.717) is 45.0 Å². The summed E-state index contributed by atoms with van der Waals surface area (Å²) in [6.45, 7) is 5.16. The lowest BCUT2D eigenvalue weighted by atomic mass is 10.2. The van der Waals surface area contributed by atoms with Crippen molar-refractivity contribution >= 4 is 11.8 Å². The number of aromatic nitrogens is 1. The second-order valence-corrected chi connectivity index (χ2v) is 6.96. The van der Waals surface area contributed by atoms with E-state index >= 15 is 0 Å². The predicted molar refractivity (Wildman–Crippen MR) is 105 cm³/mol. The molecule has 9 nitrogen and oxygen atoms in total. The quantitative estimate of drug-likeness (QED) is 0.722. The van der Waals surface area contributed by atoms with Crippen molar-refractivity contribution in [1.82, 2.24) is 19.7 Å². The largest absolute Gasteiger partial charge is 0.491 e. The van der Waals surface area contributed by atoms with Crippen LogP contribution in [-0.4, -0.2) is 59.5 Å². The lowest BCUT2D eigenvalue weighted by Gasteiger charge is -2.34. The van der Waals surface area contributed by atoms with Crippen LogP contribution in [0.3, 0.4) is 0 Å². The minimum Gasteiger partial charge on any atom is -0.491 e. The van der Waals surface area contributed by atoms with Crippen molar-refractivity contribution in [2.45, 2.75) is 26.6 Å². The van der Waals surface area contributed by atoms with Crippen molar-refractivity contribution in [2.24, 2.45) is 0 Å². The topological polar surface area (TPSA) is 97.0 Å². The first-order valence-corrected chi connectivity index (χ1v) is 9.50. The van der Waals surface area contributed by atoms with E-state index in [1.165, 1.54) is 13.2 Å². The van der Waals surface area contributed by atoms with Gasteiger partial charge < -0.3 is 23.9 Å². The van der Waals surface area contributed by atoms with E-state index in [1.54, 1.807) is 41.0 Å². The molecule has 0 saturated carbocycles. The summed E-state index contributed by atoms with van der Waals surface area (Å²) < 4.78 is 12.1. The van der Waals surface area contributed by atoms with Crippen molar-refractivity contribution in [3.05, 3.63) is 52.3 Å². The minimum atomic E-state index is -0.225. The summed E-state index contributed by atoms with van der Waals surface area (Å²) >= 11 is 0. The molecule has 2 amide bonds. The monoisotopic (exact) mass is 402 g/mol. The van der Waals surface area contributed by atoms with Crippen LogP contribution in [0.4, 0.5) is 0 Å². The molecule has 156 valence electrons. The van der Waals surface area contributed by atoms with E-state index in [-0.39, 0.29) is 29.5 Å². The number of pyridine rings is 1. The summed E-state index contributed by atoms with van der Waals surface area (Å²) in [7, 11) is 1.43. The van der Waals surface area contributed by atoms with Gasteiger partial charge in [-0.05, 0) is 12.1 Å². The van der Waals surface area contributed by atoms with Gasteiger partial charge in [-0.3, -0.25) is 19.3 Å². The summed E-state index contributed by atoms with van der Waals surface area (Å²) in [5.74, 6) is 0.724. The molecule has 1 fully saturated rings. The van der Waals surface area contributed by atoms with E-state index in [2.05, 4.69) is 10.2 Å². The third-order valence-electron chi connectivity index (χ3n) is 4.96.